The van der Waals surface area contributed by atoms with E-state index in [1.165, 1.54) is 5.39 Å². The van der Waals surface area contributed by atoms with Crippen LogP contribution in [0.15, 0.2) is 30.5 Å². The van der Waals surface area contributed by atoms with Gasteiger partial charge in [-0.1, -0.05) is 18.2 Å². The number of fused-ring (bicyclic) bond motifs is 1. The molecule has 0 aliphatic carbocycles. The maximum atomic E-state index is 12.2. The van der Waals surface area contributed by atoms with E-state index in [0.29, 0.717) is 12.3 Å². The monoisotopic (exact) mass is 313 g/mol. The number of carbonyl (C=O) groups excluding carboxylic acids is 1. The molecule has 122 valence electrons. The molecule has 0 radical (unpaired) electrons. The molecule has 0 saturated carbocycles. The van der Waals surface area contributed by atoms with Crippen molar-refractivity contribution in [2.75, 3.05) is 26.3 Å². The lowest BCUT2D eigenvalue weighted by atomic mass is 9.79. The van der Waals surface area contributed by atoms with Gasteiger partial charge in [0.1, 0.15) is 0 Å². The van der Waals surface area contributed by atoms with Crippen molar-refractivity contribution in [3.63, 3.8) is 0 Å². The molecule has 2 fully saturated rings. The van der Waals surface area contributed by atoms with Crippen LogP contribution < -0.4 is 0 Å². The van der Waals surface area contributed by atoms with Crippen LogP contribution in [0.2, 0.25) is 0 Å². The second-order valence-corrected chi connectivity index (χ2v) is 6.90. The van der Waals surface area contributed by atoms with Crippen LogP contribution in [0.3, 0.4) is 0 Å². The molecule has 1 aromatic carbocycles. The highest BCUT2D eigenvalue weighted by molar-refractivity contribution is 5.78. The molecule has 1 amide bonds. The van der Waals surface area contributed by atoms with Gasteiger partial charge in [-0.05, 0) is 25.3 Å². The topological polar surface area (TPSA) is 47.4 Å². The zero-order valence-corrected chi connectivity index (χ0v) is 13.4. The molecule has 2 aromatic rings. The molecule has 4 rings (SSSR count). The Morgan fingerprint density at radius 2 is 2.13 bits per heavy atom. The maximum Gasteiger partial charge on any atom is 0.222 e. The van der Waals surface area contributed by atoms with Crippen molar-refractivity contribution in [1.82, 2.24) is 14.7 Å². The van der Waals surface area contributed by atoms with Gasteiger partial charge in [0.05, 0.1) is 18.3 Å². The minimum absolute atomic E-state index is 0.228. The van der Waals surface area contributed by atoms with Crippen LogP contribution in [-0.4, -0.2) is 46.9 Å². The Labute approximate surface area is 136 Å². The molecule has 5 heteroatoms. The molecule has 5 nitrogen and oxygen atoms in total. The van der Waals surface area contributed by atoms with Crippen molar-refractivity contribution in [2.24, 2.45) is 5.41 Å². The van der Waals surface area contributed by atoms with Crippen molar-refractivity contribution < 1.29 is 9.53 Å². The zero-order valence-electron chi connectivity index (χ0n) is 13.4. The van der Waals surface area contributed by atoms with Crippen molar-refractivity contribution in [3.05, 3.63) is 30.5 Å². The number of amides is 1. The van der Waals surface area contributed by atoms with E-state index in [9.17, 15) is 4.79 Å². The number of likely N-dealkylation sites (tertiary alicyclic amines) is 1. The first kappa shape index (κ1) is 14.7. The fourth-order valence-corrected chi connectivity index (χ4v) is 3.89. The first-order valence-electron chi connectivity index (χ1n) is 8.52. The summed E-state index contributed by atoms with van der Waals surface area (Å²) in [7, 11) is 0. The quantitative estimate of drug-likeness (QED) is 0.871. The van der Waals surface area contributed by atoms with Crippen molar-refractivity contribution in [3.8, 4) is 0 Å². The maximum absolute atomic E-state index is 12.2. The number of nitrogens with zero attached hydrogens (tertiary/aromatic N) is 3. The molecule has 2 aliphatic heterocycles. The van der Waals surface area contributed by atoms with E-state index >= 15 is 0 Å². The normalized spacial score (nSPS) is 24.9. The summed E-state index contributed by atoms with van der Waals surface area (Å²) in [6.45, 7) is 4.20. The Morgan fingerprint density at radius 3 is 3.00 bits per heavy atom. The summed E-state index contributed by atoms with van der Waals surface area (Å²) in [5.41, 5.74) is 1.39. The summed E-state index contributed by atoms with van der Waals surface area (Å²) < 4.78 is 7.62. The number of para-hydroxylation sites is 1. The zero-order chi connectivity index (χ0) is 15.7. The fourth-order valence-electron chi connectivity index (χ4n) is 3.89. The molecule has 2 saturated heterocycles. The average Bonchev–Trinajstić information content (AvgIpc) is 3.19. The van der Waals surface area contributed by atoms with Crippen molar-refractivity contribution in [1.29, 1.82) is 0 Å². The summed E-state index contributed by atoms with van der Waals surface area (Å²) in [5, 5.41) is 5.63. The van der Waals surface area contributed by atoms with E-state index in [1.807, 2.05) is 27.9 Å². The Bertz CT molecular complexity index is 703. The third-order valence-corrected chi connectivity index (χ3v) is 5.28. The summed E-state index contributed by atoms with van der Waals surface area (Å²) >= 11 is 0. The van der Waals surface area contributed by atoms with Crippen molar-refractivity contribution >= 4 is 16.8 Å². The van der Waals surface area contributed by atoms with Gasteiger partial charge in [-0.2, -0.15) is 5.10 Å². The third-order valence-electron chi connectivity index (χ3n) is 5.28. The second kappa shape index (κ2) is 5.96. The highest BCUT2D eigenvalue weighted by Gasteiger charge is 2.41. The minimum atomic E-state index is 0.228. The Morgan fingerprint density at radius 1 is 1.22 bits per heavy atom. The summed E-state index contributed by atoms with van der Waals surface area (Å²) in [4.78, 5) is 14.2. The molecular weight excluding hydrogens is 290 g/mol. The smallest absolute Gasteiger partial charge is 0.222 e. The molecule has 1 spiro atoms. The molecular formula is C18H23N3O2. The number of benzene rings is 1. The number of hydrogen-bond acceptors (Lipinski definition) is 3. The number of hydrogen-bond donors (Lipinski definition) is 0. The number of aryl methyl sites for hydroxylation is 1. The highest BCUT2D eigenvalue weighted by atomic mass is 16.5. The molecule has 3 heterocycles. The van der Waals surface area contributed by atoms with E-state index < -0.39 is 0 Å². The molecule has 0 N–H and O–H groups in total. The van der Waals surface area contributed by atoms with Crippen LogP contribution in [0.1, 0.15) is 25.7 Å². The predicted octanol–water partition coefficient (Wildman–Crippen LogP) is 2.46. The highest BCUT2D eigenvalue weighted by Crippen LogP contribution is 2.38. The summed E-state index contributed by atoms with van der Waals surface area (Å²) in [6.07, 6.45) is 5.61. The molecule has 1 aromatic heterocycles. The van der Waals surface area contributed by atoms with Crippen LogP contribution in [0.5, 0.6) is 0 Å². The van der Waals surface area contributed by atoms with Gasteiger partial charge in [0, 0.05) is 43.5 Å². The Balaban J connectivity index is 1.37. The molecule has 23 heavy (non-hydrogen) atoms. The number of piperidine rings is 1. The number of rotatable bonds is 4. The van der Waals surface area contributed by atoms with E-state index in [0.717, 1.165) is 57.6 Å². The third kappa shape index (κ3) is 2.85. The lowest BCUT2D eigenvalue weighted by Crippen LogP contribution is -2.47. The predicted molar refractivity (Wildman–Crippen MR) is 88.0 cm³/mol. The number of carbonyl (C=O) groups is 1. The second-order valence-electron chi connectivity index (χ2n) is 6.90. The van der Waals surface area contributed by atoms with Crippen LogP contribution in [0, 0.1) is 5.41 Å². The van der Waals surface area contributed by atoms with Crippen LogP contribution in [-0.2, 0) is 16.1 Å². The lowest BCUT2D eigenvalue weighted by molar-refractivity contribution is -0.137. The first-order chi connectivity index (χ1) is 11.3. The summed E-state index contributed by atoms with van der Waals surface area (Å²) in [6, 6.07) is 8.25. The van der Waals surface area contributed by atoms with Gasteiger partial charge in [0.15, 0.2) is 0 Å². The molecule has 0 bridgehead atoms. The first-order valence-corrected chi connectivity index (χ1v) is 8.52. The number of aromatic nitrogens is 2. The SMILES string of the molecule is O=C1CC[C@@]2(CCOC2)CN1CCCn1ncc2ccccc21. The van der Waals surface area contributed by atoms with Gasteiger partial charge in [0.2, 0.25) is 5.91 Å². The lowest BCUT2D eigenvalue weighted by Gasteiger charge is -2.39. The van der Waals surface area contributed by atoms with Gasteiger partial charge >= 0.3 is 0 Å². The fraction of sp³-hybridized carbons (Fsp3) is 0.556. The van der Waals surface area contributed by atoms with Crippen LogP contribution in [0.4, 0.5) is 0 Å². The van der Waals surface area contributed by atoms with Gasteiger partial charge in [0.25, 0.3) is 0 Å². The molecule has 2 aliphatic rings. The Kier molecular flexibility index (Phi) is 3.81. The van der Waals surface area contributed by atoms with Gasteiger partial charge in [-0.15, -0.1) is 0 Å². The average molecular weight is 313 g/mol. The Hall–Kier alpha value is -1.88. The van der Waals surface area contributed by atoms with Gasteiger partial charge in [-0.3, -0.25) is 9.48 Å². The minimum Gasteiger partial charge on any atom is -0.381 e. The largest absolute Gasteiger partial charge is 0.381 e. The van der Waals surface area contributed by atoms with Gasteiger partial charge in [-0.25, -0.2) is 0 Å². The molecule has 1 atom stereocenters. The van der Waals surface area contributed by atoms with Gasteiger partial charge < -0.3 is 9.64 Å². The van der Waals surface area contributed by atoms with Crippen LogP contribution in [0.25, 0.3) is 10.9 Å². The van der Waals surface area contributed by atoms with E-state index in [1.54, 1.807) is 0 Å². The van der Waals surface area contributed by atoms with E-state index in [-0.39, 0.29) is 5.41 Å². The standard InChI is InChI=1S/C18H23N3O2/c22-17-6-7-18(8-11-23-14-18)13-20(17)9-3-10-21-16-5-2-1-4-15(16)12-19-21/h1-2,4-5,12H,3,6-11,13-14H2/t18-/m1/s1. The molecule has 0 unspecified atom stereocenters. The van der Waals surface area contributed by atoms with Crippen molar-refractivity contribution in [2.45, 2.75) is 32.2 Å². The van der Waals surface area contributed by atoms with Crippen LogP contribution >= 0.6 is 0 Å². The van der Waals surface area contributed by atoms with E-state index in [4.69, 9.17) is 4.74 Å². The number of ether oxygens (including phenoxy) is 1. The summed E-state index contributed by atoms with van der Waals surface area (Å²) in [5.74, 6) is 0.299. The van der Waals surface area contributed by atoms with E-state index in [2.05, 4.69) is 17.2 Å².